The van der Waals surface area contributed by atoms with Gasteiger partial charge in [0.25, 0.3) is 0 Å². The summed E-state index contributed by atoms with van der Waals surface area (Å²) in [5, 5.41) is 18.5. The molecule has 2 atom stereocenters. The summed E-state index contributed by atoms with van der Waals surface area (Å²) in [7, 11) is 0. The number of esters is 1. The summed E-state index contributed by atoms with van der Waals surface area (Å²) in [5.41, 5.74) is 4.46. The first-order chi connectivity index (χ1) is 12.0. The van der Waals surface area contributed by atoms with Crippen molar-refractivity contribution in [1.82, 2.24) is 0 Å². The zero-order chi connectivity index (χ0) is 18.0. The van der Waals surface area contributed by atoms with E-state index in [9.17, 15) is 14.7 Å². The van der Waals surface area contributed by atoms with Gasteiger partial charge >= 0.3 is 11.9 Å². The average molecular weight is 340 g/mol. The number of rotatable bonds is 6. The van der Waals surface area contributed by atoms with Crippen molar-refractivity contribution in [1.29, 1.82) is 0 Å². The normalized spacial score (nSPS) is 15.1. The van der Waals surface area contributed by atoms with Crippen molar-refractivity contribution in [3.8, 4) is 11.1 Å². The minimum absolute atomic E-state index is 0.0637. The summed E-state index contributed by atoms with van der Waals surface area (Å²) in [6, 6.07) is 16.0. The molecule has 0 aliphatic heterocycles. The molecule has 130 valence electrons. The Labute approximate surface area is 145 Å². The van der Waals surface area contributed by atoms with Crippen molar-refractivity contribution in [2.24, 2.45) is 5.92 Å². The Hall–Kier alpha value is -2.66. The topological polar surface area (TPSA) is 83.8 Å². The second-order valence-electron chi connectivity index (χ2n) is 6.30. The third-order valence-electron chi connectivity index (χ3n) is 4.66. The van der Waals surface area contributed by atoms with Gasteiger partial charge in [-0.25, -0.2) is 0 Å². The van der Waals surface area contributed by atoms with Crippen LogP contribution in [-0.2, 0) is 14.3 Å². The number of carbonyl (C=O) groups is 2. The van der Waals surface area contributed by atoms with E-state index in [1.807, 2.05) is 48.5 Å². The fraction of sp³-hybridized carbons (Fsp3) is 0.300. The van der Waals surface area contributed by atoms with Crippen molar-refractivity contribution < 1.29 is 24.5 Å². The summed E-state index contributed by atoms with van der Waals surface area (Å²) in [4.78, 5) is 23.1. The molecule has 0 amide bonds. The Bertz CT molecular complexity index is 751. The molecular formula is C20H20O5. The van der Waals surface area contributed by atoms with Crippen molar-refractivity contribution in [3.63, 3.8) is 0 Å². The second-order valence-corrected chi connectivity index (χ2v) is 6.30. The van der Waals surface area contributed by atoms with E-state index in [1.54, 1.807) is 0 Å². The summed E-state index contributed by atoms with van der Waals surface area (Å²) < 4.78 is 5.36. The van der Waals surface area contributed by atoms with Crippen LogP contribution in [0.5, 0.6) is 0 Å². The zero-order valence-electron chi connectivity index (χ0n) is 13.9. The van der Waals surface area contributed by atoms with Crippen molar-refractivity contribution in [2.75, 3.05) is 6.61 Å². The number of carbonyl (C=O) groups excluding carboxylic acids is 1. The maximum absolute atomic E-state index is 12.0. The van der Waals surface area contributed by atoms with Crippen LogP contribution in [0.2, 0.25) is 0 Å². The molecule has 0 bridgehead atoms. The highest BCUT2D eigenvalue weighted by Gasteiger charge is 2.31. The van der Waals surface area contributed by atoms with Gasteiger partial charge in [-0.2, -0.15) is 0 Å². The van der Waals surface area contributed by atoms with Crippen LogP contribution < -0.4 is 0 Å². The molecule has 0 heterocycles. The van der Waals surface area contributed by atoms with Gasteiger partial charge in [0.15, 0.2) is 0 Å². The molecule has 1 aliphatic rings. The first-order valence-electron chi connectivity index (χ1n) is 8.23. The molecule has 2 aromatic rings. The SMILES string of the molecule is C[C@@H](O)[C@@H](CC(=O)OCC1c2ccccc2-c2ccccc21)C(=O)O. The van der Waals surface area contributed by atoms with E-state index < -0.39 is 24.0 Å². The van der Waals surface area contributed by atoms with E-state index in [0.717, 1.165) is 22.3 Å². The van der Waals surface area contributed by atoms with E-state index >= 15 is 0 Å². The summed E-state index contributed by atoms with van der Waals surface area (Å²) in [6.07, 6.45) is -1.46. The molecule has 0 aromatic heterocycles. The minimum atomic E-state index is -1.21. The Morgan fingerprint density at radius 3 is 2.04 bits per heavy atom. The number of carboxylic acid groups (broad SMARTS) is 1. The van der Waals surface area contributed by atoms with E-state index in [2.05, 4.69) is 0 Å². The largest absolute Gasteiger partial charge is 0.481 e. The molecule has 1 aliphatic carbocycles. The highest BCUT2D eigenvalue weighted by Crippen LogP contribution is 2.44. The molecule has 5 nitrogen and oxygen atoms in total. The molecule has 0 unspecified atom stereocenters. The lowest BCUT2D eigenvalue weighted by Gasteiger charge is -2.17. The molecular weight excluding hydrogens is 320 g/mol. The van der Waals surface area contributed by atoms with Crippen LogP contribution in [0.4, 0.5) is 0 Å². The molecule has 0 fully saturated rings. The maximum Gasteiger partial charge on any atom is 0.309 e. The molecule has 0 spiro atoms. The number of fused-ring (bicyclic) bond motifs is 3. The van der Waals surface area contributed by atoms with Crippen molar-refractivity contribution in [2.45, 2.75) is 25.4 Å². The third kappa shape index (κ3) is 3.42. The molecule has 5 heteroatoms. The van der Waals surface area contributed by atoms with Crippen molar-refractivity contribution in [3.05, 3.63) is 59.7 Å². The standard InChI is InChI=1S/C20H20O5/c1-12(21)17(20(23)24)10-19(22)25-11-18-15-8-4-2-6-13(15)14-7-3-5-9-16(14)18/h2-9,12,17-18,21H,10-11H2,1H3,(H,23,24)/t12-,17-/m1/s1. The third-order valence-corrected chi connectivity index (χ3v) is 4.66. The Morgan fingerprint density at radius 1 is 1.04 bits per heavy atom. The fourth-order valence-corrected chi connectivity index (χ4v) is 3.32. The quantitative estimate of drug-likeness (QED) is 0.790. The van der Waals surface area contributed by atoms with E-state index in [1.165, 1.54) is 6.92 Å². The summed E-state index contributed by atoms with van der Waals surface area (Å²) in [5.74, 6) is -3.04. The predicted octanol–water partition coefficient (Wildman–Crippen LogP) is 2.81. The van der Waals surface area contributed by atoms with Crippen LogP contribution in [0.3, 0.4) is 0 Å². The molecule has 3 rings (SSSR count). The maximum atomic E-state index is 12.0. The van der Waals surface area contributed by atoms with E-state index in [-0.39, 0.29) is 18.9 Å². The molecule has 2 N–H and O–H groups in total. The average Bonchev–Trinajstić information content (AvgIpc) is 2.91. The van der Waals surface area contributed by atoms with Crippen LogP contribution in [0.25, 0.3) is 11.1 Å². The van der Waals surface area contributed by atoms with E-state index in [0.29, 0.717) is 0 Å². The summed E-state index contributed by atoms with van der Waals surface area (Å²) >= 11 is 0. The number of aliphatic carboxylic acids is 1. The van der Waals surface area contributed by atoms with Gasteiger partial charge in [-0.1, -0.05) is 48.5 Å². The lowest BCUT2D eigenvalue weighted by Crippen LogP contribution is -2.29. The van der Waals surface area contributed by atoms with Crippen LogP contribution in [-0.4, -0.2) is 34.9 Å². The smallest absolute Gasteiger partial charge is 0.309 e. The first-order valence-corrected chi connectivity index (χ1v) is 8.23. The van der Waals surface area contributed by atoms with Gasteiger partial charge in [0, 0.05) is 5.92 Å². The van der Waals surface area contributed by atoms with Gasteiger partial charge in [0.2, 0.25) is 0 Å². The molecule has 0 radical (unpaired) electrons. The zero-order valence-corrected chi connectivity index (χ0v) is 13.9. The Balaban J connectivity index is 1.73. The van der Waals surface area contributed by atoms with Crippen molar-refractivity contribution >= 4 is 11.9 Å². The number of hydrogen-bond acceptors (Lipinski definition) is 4. The number of aliphatic hydroxyl groups excluding tert-OH is 1. The number of aliphatic hydroxyl groups is 1. The fourth-order valence-electron chi connectivity index (χ4n) is 3.32. The molecule has 25 heavy (non-hydrogen) atoms. The van der Waals surface area contributed by atoms with Crippen LogP contribution in [0.15, 0.2) is 48.5 Å². The van der Waals surface area contributed by atoms with E-state index in [4.69, 9.17) is 9.84 Å². The highest BCUT2D eigenvalue weighted by molar-refractivity contribution is 5.80. The van der Waals surface area contributed by atoms with Gasteiger partial charge in [-0.3, -0.25) is 9.59 Å². The van der Waals surface area contributed by atoms with Gasteiger partial charge < -0.3 is 14.9 Å². The number of carboxylic acids is 1. The van der Waals surface area contributed by atoms with Gasteiger partial charge in [0.1, 0.15) is 6.61 Å². The van der Waals surface area contributed by atoms with Crippen LogP contribution in [0, 0.1) is 5.92 Å². The Kier molecular flexibility index (Phi) is 4.86. The monoisotopic (exact) mass is 340 g/mol. The van der Waals surface area contributed by atoms with Crippen LogP contribution in [0.1, 0.15) is 30.4 Å². The summed E-state index contributed by atoms with van der Waals surface area (Å²) in [6.45, 7) is 1.51. The molecule has 0 saturated heterocycles. The van der Waals surface area contributed by atoms with Gasteiger partial charge in [-0.15, -0.1) is 0 Å². The molecule has 0 saturated carbocycles. The number of ether oxygens (including phenoxy) is 1. The molecule has 2 aromatic carbocycles. The predicted molar refractivity (Wildman–Crippen MR) is 92.1 cm³/mol. The van der Waals surface area contributed by atoms with Gasteiger partial charge in [-0.05, 0) is 29.2 Å². The Morgan fingerprint density at radius 2 is 1.56 bits per heavy atom. The highest BCUT2D eigenvalue weighted by atomic mass is 16.5. The van der Waals surface area contributed by atoms with Gasteiger partial charge in [0.05, 0.1) is 18.4 Å². The second kappa shape index (κ2) is 7.07. The van der Waals surface area contributed by atoms with Crippen LogP contribution >= 0.6 is 0 Å². The lowest BCUT2D eigenvalue weighted by molar-refractivity contribution is -0.155. The lowest BCUT2D eigenvalue weighted by atomic mass is 9.98. The first kappa shape index (κ1) is 17.2. The number of benzene rings is 2. The minimum Gasteiger partial charge on any atom is -0.481 e. The number of hydrogen-bond donors (Lipinski definition) is 2.